The molecule has 4 heteroatoms. The Morgan fingerprint density at radius 3 is 2.65 bits per heavy atom. The number of rotatable bonds is 3. The van der Waals surface area contributed by atoms with Crippen molar-refractivity contribution >= 4 is 21.8 Å². The molecule has 0 heterocycles. The van der Waals surface area contributed by atoms with E-state index in [-0.39, 0.29) is 11.7 Å². The number of benzene rings is 2. The van der Waals surface area contributed by atoms with Crippen LogP contribution in [-0.2, 0) is 6.54 Å². The van der Waals surface area contributed by atoms with Gasteiger partial charge < -0.3 is 4.90 Å². The minimum absolute atomic E-state index is 0.0701. The maximum Gasteiger partial charge on any atom is 0.254 e. The van der Waals surface area contributed by atoms with Gasteiger partial charge in [-0.25, -0.2) is 4.39 Å². The highest BCUT2D eigenvalue weighted by molar-refractivity contribution is 9.10. The average molecular weight is 336 g/mol. The Balaban J connectivity index is 2.16. The second-order valence-electron chi connectivity index (χ2n) is 4.75. The van der Waals surface area contributed by atoms with Crippen molar-refractivity contribution in [3.63, 3.8) is 0 Å². The number of amides is 1. The van der Waals surface area contributed by atoms with Gasteiger partial charge in [-0.3, -0.25) is 4.79 Å². The predicted octanol–water partition coefficient (Wildman–Crippen LogP) is 4.17. The Morgan fingerprint density at radius 1 is 1.25 bits per heavy atom. The summed E-state index contributed by atoms with van der Waals surface area (Å²) >= 11 is 3.38. The number of aryl methyl sites for hydroxylation is 1. The molecule has 0 N–H and O–H groups in total. The van der Waals surface area contributed by atoms with Crippen LogP contribution in [-0.4, -0.2) is 17.9 Å². The van der Waals surface area contributed by atoms with Crippen LogP contribution in [0, 0.1) is 12.7 Å². The van der Waals surface area contributed by atoms with Gasteiger partial charge in [0.25, 0.3) is 5.91 Å². The normalized spacial score (nSPS) is 10.4. The van der Waals surface area contributed by atoms with E-state index in [4.69, 9.17) is 0 Å². The molecule has 2 aromatic carbocycles. The van der Waals surface area contributed by atoms with Crippen molar-refractivity contribution in [2.45, 2.75) is 13.5 Å². The quantitative estimate of drug-likeness (QED) is 0.824. The first kappa shape index (κ1) is 14.7. The van der Waals surface area contributed by atoms with E-state index < -0.39 is 0 Å². The summed E-state index contributed by atoms with van der Waals surface area (Å²) in [5.74, 6) is -0.359. The van der Waals surface area contributed by atoms with E-state index in [1.807, 2.05) is 19.1 Å². The predicted molar refractivity (Wildman–Crippen MR) is 81.1 cm³/mol. The minimum atomic E-state index is -0.289. The number of hydrogen-bond donors (Lipinski definition) is 0. The lowest BCUT2D eigenvalue weighted by Crippen LogP contribution is -2.26. The zero-order valence-corrected chi connectivity index (χ0v) is 12.9. The van der Waals surface area contributed by atoms with E-state index in [9.17, 15) is 9.18 Å². The van der Waals surface area contributed by atoms with Crippen LogP contribution in [0.4, 0.5) is 4.39 Å². The van der Waals surface area contributed by atoms with E-state index >= 15 is 0 Å². The summed E-state index contributed by atoms with van der Waals surface area (Å²) in [5.41, 5.74) is 2.35. The summed E-state index contributed by atoms with van der Waals surface area (Å²) < 4.78 is 14.1. The van der Waals surface area contributed by atoms with Gasteiger partial charge in [-0.05, 0) is 48.4 Å². The Kier molecular flexibility index (Phi) is 4.55. The van der Waals surface area contributed by atoms with Crippen LogP contribution in [0.1, 0.15) is 21.5 Å². The van der Waals surface area contributed by atoms with E-state index in [0.29, 0.717) is 12.1 Å². The van der Waals surface area contributed by atoms with Crippen LogP contribution in [0.5, 0.6) is 0 Å². The van der Waals surface area contributed by atoms with Crippen molar-refractivity contribution in [3.05, 3.63) is 69.4 Å². The highest BCUT2D eigenvalue weighted by atomic mass is 79.9. The molecule has 0 spiro atoms. The Bertz CT molecular complexity index is 642. The molecule has 2 rings (SSSR count). The van der Waals surface area contributed by atoms with Crippen LogP contribution in [0.2, 0.25) is 0 Å². The summed E-state index contributed by atoms with van der Waals surface area (Å²) in [4.78, 5) is 14.0. The topological polar surface area (TPSA) is 20.3 Å². The zero-order chi connectivity index (χ0) is 14.7. The molecule has 2 nitrogen and oxygen atoms in total. The SMILES string of the molecule is Cc1cc(Br)ccc1C(=O)N(C)Cc1cccc(F)c1. The first-order valence-electron chi connectivity index (χ1n) is 6.23. The lowest BCUT2D eigenvalue weighted by molar-refractivity contribution is 0.0784. The fourth-order valence-corrected chi connectivity index (χ4v) is 2.53. The molecule has 0 fully saturated rings. The number of halogens is 2. The fourth-order valence-electron chi connectivity index (χ4n) is 2.05. The van der Waals surface area contributed by atoms with Crippen molar-refractivity contribution in [1.29, 1.82) is 0 Å². The number of carbonyl (C=O) groups excluding carboxylic acids is 1. The zero-order valence-electron chi connectivity index (χ0n) is 11.4. The van der Waals surface area contributed by atoms with Gasteiger partial charge in [0.05, 0.1) is 0 Å². The second-order valence-corrected chi connectivity index (χ2v) is 5.67. The number of hydrogen-bond acceptors (Lipinski definition) is 1. The molecule has 2 aromatic rings. The van der Waals surface area contributed by atoms with Crippen LogP contribution in [0.3, 0.4) is 0 Å². The highest BCUT2D eigenvalue weighted by Gasteiger charge is 2.14. The molecule has 104 valence electrons. The minimum Gasteiger partial charge on any atom is -0.337 e. The van der Waals surface area contributed by atoms with Gasteiger partial charge in [-0.15, -0.1) is 0 Å². The first-order chi connectivity index (χ1) is 9.47. The maximum absolute atomic E-state index is 13.1. The third kappa shape index (κ3) is 3.45. The van der Waals surface area contributed by atoms with Gasteiger partial charge in [-0.1, -0.05) is 28.1 Å². The molecule has 0 saturated carbocycles. The van der Waals surface area contributed by atoms with Gasteiger partial charge in [0, 0.05) is 23.6 Å². The number of carbonyl (C=O) groups is 1. The van der Waals surface area contributed by atoms with E-state index in [1.54, 1.807) is 30.1 Å². The van der Waals surface area contributed by atoms with Crippen molar-refractivity contribution in [3.8, 4) is 0 Å². The van der Waals surface area contributed by atoms with Gasteiger partial charge in [0.1, 0.15) is 5.82 Å². The molecule has 0 saturated heterocycles. The molecule has 0 aliphatic heterocycles. The summed E-state index contributed by atoms with van der Waals surface area (Å²) in [7, 11) is 1.72. The van der Waals surface area contributed by atoms with E-state index in [2.05, 4.69) is 15.9 Å². The molecule has 0 aliphatic rings. The highest BCUT2D eigenvalue weighted by Crippen LogP contribution is 2.18. The van der Waals surface area contributed by atoms with Gasteiger partial charge in [-0.2, -0.15) is 0 Å². The van der Waals surface area contributed by atoms with Crippen LogP contribution < -0.4 is 0 Å². The molecule has 0 atom stereocenters. The molecular formula is C16H15BrFNO. The monoisotopic (exact) mass is 335 g/mol. The molecule has 1 amide bonds. The number of nitrogens with zero attached hydrogens (tertiary/aromatic N) is 1. The van der Waals surface area contributed by atoms with Crippen molar-refractivity contribution < 1.29 is 9.18 Å². The molecule has 0 radical (unpaired) electrons. The lowest BCUT2D eigenvalue weighted by atomic mass is 10.1. The van der Waals surface area contributed by atoms with Crippen LogP contribution >= 0.6 is 15.9 Å². The van der Waals surface area contributed by atoms with Crippen molar-refractivity contribution in [1.82, 2.24) is 4.90 Å². The molecular weight excluding hydrogens is 321 g/mol. The molecule has 0 aliphatic carbocycles. The van der Waals surface area contributed by atoms with Gasteiger partial charge in [0.15, 0.2) is 0 Å². The standard InChI is InChI=1S/C16H15BrFNO/c1-11-8-13(17)6-7-15(11)16(20)19(2)10-12-4-3-5-14(18)9-12/h3-9H,10H2,1-2H3. The van der Waals surface area contributed by atoms with Crippen LogP contribution in [0.25, 0.3) is 0 Å². The molecule has 0 aromatic heterocycles. The summed E-state index contributed by atoms with van der Waals surface area (Å²) in [5, 5.41) is 0. The Morgan fingerprint density at radius 2 is 2.00 bits per heavy atom. The van der Waals surface area contributed by atoms with Gasteiger partial charge in [0.2, 0.25) is 0 Å². The van der Waals surface area contributed by atoms with Gasteiger partial charge >= 0.3 is 0 Å². The smallest absolute Gasteiger partial charge is 0.254 e. The maximum atomic E-state index is 13.1. The van der Waals surface area contributed by atoms with Crippen molar-refractivity contribution in [2.24, 2.45) is 0 Å². The largest absolute Gasteiger partial charge is 0.337 e. The Labute approximate surface area is 126 Å². The molecule has 0 bridgehead atoms. The van der Waals surface area contributed by atoms with Crippen molar-refractivity contribution in [2.75, 3.05) is 7.05 Å². The summed E-state index contributed by atoms with van der Waals surface area (Å²) in [6, 6.07) is 11.8. The summed E-state index contributed by atoms with van der Waals surface area (Å²) in [6.45, 7) is 2.28. The van der Waals surface area contributed by atoms with Crippen LogP contribution in [0.15, 0.2) is 46.9 Å². The van der Waals surface area contributed by atoms with E-state index in [1.165, 1.54) is 12.1 Å². The first-order valence-corrected chi connectivity index (χ1v) is 7.03. The Hall–Kier alpha value is -1.68. The second kappa shape index (κ2) is 6.18. The van der Waals surface area contributed by atoms with E-state index in [0.717, 1.165) is 15.6 Å². The molecule has 20 heavy (non-hydrogen) atoms. The summed E-state index contributed by atoms with van der Waals surface area (Å²) in [6.07, 6.45) is 0. The third-order valence-electron chi connectivity index (χ3n) is 3.07. The molecule has 0 unspecified atom stereocenters. The third-order valence-corrected chi connectivity index (χ3v) is 3.57. The average Bonchev–Trinajstić information content (AvgIpc) is 2.38. The fraction of sp³-hybridized carbons (Fsp3) is 0.188. The lowest BCUT2D eigenvalue weighted by Gasteiger charge is -2.18.